The molecule has 0 aromatic rings. The van der Waals surface area contributed by atoms with Crippen molar-refractivity contribution in [3.63, 3.8) is 0 Å². The molecule has 1 unspecified atom stereocenters. The van der Waals surface area contributed by atoms with Gasteiger partial charge in [-0.3, -0.25) is 4.79 Å². The van der Waals surface area contributed by atoms with Crippen LogP contribution in [0, 0.1) is 0 Å². The van der Waals surface area contributed by atoms with Crippen LogP contribution in [0.3, 0.4) is 0 Å². The maximum absolute atomic E-state index is 11.5. The van der Waals surface area contributed by atoms with Crippen molar-refractivity contribution in [2.75, 3.05) is 33.1 Å². The number of rotatable bonds is 8. The summed E-state index contributed by atoms with van der Waals surface area (Å²) in [6, 6.07) is 0. The first-order valence-corrected chi connectivity index (χ1v) is 6.23. The van der Waals surface area contributed by atoms with E-state index >= 15 is 0 Å². The first kappa shape index (κ1) is 15.3. The van der Waals surface area contributed by atoms with Crippen molar-refractivity contribution in [2.24, 2.45) is 0 Å². The smallest absolute Gasteiger partial charge is 0.304 e. The Labute approximate surface area is 94.7 Å². The molecule has 0 aliphatic rings. The van der Waals surface area contributed by atoms with Crippen molar-refractivity contribution in [3.8, 4) is 0 Å². The van der Waals surface area contributed by atoms with E-state index in [1.807, 2.05) is 0 Å². The summed E-state index contributed by atoms with van der Waals surface area (Å²) < 4.78 is 28.6. The quantitative estimate of drug-likeness (QED) is 0.560. The molecule has 0 heterocycles. The summed E-state index contributed by atoms with van der Waals surface area (Å²) in [5.74, 6) is -1.65. The highest BCUT2D eigenvalue weighted by atomic mass is 32.2. The maximum Gasteiger partial charge on any atom is 0.304 e. The molecule has 0 aromatic carbocycles. The van der Waals surface area contributed by atoms with Gasteiger partial charge in [-0.25, -0.2) is 12.7 Å². The third-order valence-electron chi connectivity index (χ3n) is 1.88. The Balaban J connectivity index is 4.24. The highest BCUT2D eigenvalue weighted by Gasteiger charge is 2.21. The standard InChI is InChI=1S/C8H17NO6S/c1-9(5-7(10)6-15-2)16(13,14)4-3-8(11)12/h7,10H,3-6H2,1-2H3,(H,11,12). The molecule has 96 valence electrons. The van der Waals surface area contributed by atoms with E-state index in [0.717, 1.165) is 4.31 Å². The molecule has 0 aliphatic carbocycles. The van der Waals surface area contributed by atoms with Gasteiger partial charge in [0.2, 0.25) is 10.0 Å². The third kappa shape index (κ3) is 6.01. The monoisotopic (exact) mass is 255 g/mol. The van der Waals surface area contributed by atoms with Crippen LogP contribution in [-0.4, -0.2) is 68.1 Å². The topological polar surface area (TPSA) is 104 Å². The molecule has 0 spiro atoms. The van der Waals surface area contributed by atoms with E-state index in [1.54, 1.807) is 0 Å². The molecule has 0 bridgehead atoms. The van der Waals surface area contributed by atoms with Gasteiger partial charge >= 0.3 is 5.97 Å². The van der Waals surface area contributed by atoms with Crippen molar-refractivity contribution in [1.82, 2.24) is 4.31 Å². The van der Waals surface area contributed by atoms with Crippen LogP contribution in [0.4, 0.5) is 0 Å². The maximum atomic E-state index is 11.5. The molecule has 0 saturated heterocycles. The minimum absolute atomic E-state index is 0.0266. The van der Waals surface area contributed by atoms with Crippen LogP contribution < -0.4 is 0 Å². The van der Waals surface area contributed by atoms with E-state index in [4.69, 9.17) is 5.11 Å². The van der Waals surface area contributed by atoms with E-state index in [2.05, 4.69) is 4.74 Å². The van der Waals surface area contributed by atoms with E-state index in [-0.39, 0.29) is 13.2 Å². The predicted octanol–water partition coefficient (Wildman–Crippen LogP) is -1.27. The van der Waals surface area contributed by atoms with Crippen LogP contribution in [0.5, 0.6) is 0 Å². The molecule has 8 heteroatoms. The van der Waals surface area contributed by atoms with Crippen LogP contribution >= 0.6 is 0 Å². The molecule has 0 amide bonds. The van der Waals surface area contributed by atoms with E-state index < -0.39 is 34.3 Å². The Morgan fingerprint density at radius 3 is 2.50 bits per heavy atom. The zero-order valence-corrected chi connectivity index (χ0v) is 10.1. The van der Waals surface area contributed by atoms with Gasteiger partial charge in [0.15, 0.2) is 0 Å². The van der Waals surface area contributed by atoms with Gasteiger partial charge in [-0.1, -0.05) is 0 Å². The number of methoxy groups -OCH3 is 1. The first-order chi connectivity index (χ1) is 7.29. The second-order valence-corrected chi connectivity index (χ2v) is 5.54. The largest absolute Gasteiger partial charge is 0.481 e. The number of aliphatic hydroxyl groups excluding tert-OH is 1. The summed E-state index contributed by atoms with van der Waals surface area (Å²) in [5.41, 5.74) is 0. The number of carboxylic acid groups (broad SMARTS) is 1. The summed E-state index contributed by atoms with van der Waals surface area (Å²) >= 11 is 0. The second kappa shape index (κ2) is 6.79. The molecular weight excluding hydrogens is 238 g/mol. The molecule has 7 nitrogen and oxygen atoms in total. The molecule has 1 atom stereocenters. The zero-order chi connectivity index (χ0) is 12.8. The first-order valence-electron chi connectivity index (χ1n) is 4.62. The van der Waals surface area contributed by atoms with E-state index in [1.165, 1.54) is 14.2 Å². The lowest BCUT2D eigenvalue weighted by molar-refractivity contribution is -0.136. The Morgan fingerprint density at radius 1 is 1.50 bits per heavy atom. The highest BCUT2D eigenvalue weighted by Crippen LogP contribution is 2.02. The van der Waals surface area contributed by atoms with Crippen LogP contribution in [-0.2, 0) is 19.6 Å². The fourth-order valence-electron chi connectivity index (χ4n) is 1.03. The lowest BCUT2D eigenvalue weighted by Gasteiger charge is -2.19. The normalized spacial score (nSPS) is 14.0. The summed E-state index contributed by atoms with van der Waals surface area (Å²) in [7, 11) is -0.953. The van der Waals surface area contributed by atoms with Gasteiger partial charge in [0.05, 0.1) is 24.9 Å². The minimum Gasteiger partial charge on any atom is -0.481 e. The molecule has 0 saturated carbocycles. The number of carboxylic acids is 1. The van der Waals surface area contributed by atoms with Gasteiger partial charge in [0, 0.05) is 20.7 Å². The summed E-state index contributed by atoms with van der Waals surface area (Å²) in [6.07, 6.45) is -1.37. The molecular formula is C8H17NO6S. The minimum atomic E-state index is -3.63. The van der Waals surface area contributed by atoms with Crippen molar-refractivity contribution >= 4 is 16.0 Å². The lowest BCUT2D eigenvalue weighted by atomic mass is 10.4. The summed E-state index contributed by atoms with van der Waals surface area (Å²) in [5, 5.41) is 17.7. The molecule has 0 aliphatic heterocycles. The van der Waals surface area contributed by atoms with Gasteiger partial charge in [0.25, 0.3) is 0 Å². The van der Waals surface area contributed by atoms with Gasteiger partial charge in [-0.05, 0) is 0 Å². The van der Waals surface area contributed by atoms with Crippen molar-refractivity contribution in [1.29, 1.82) is 0 Å². The number of sulfonamides is 1. The summed E-state index contributed by atoms with van der Waals surface area (Å²) in [6.45, 7) is -0.0887. The lowest BCUT2D eigenvalue weighted by Crippen LogP contribution is -2.37. The van der Waals surface area contributed by atoms with Gasteiger partial charge in [-0.2, -0.15) is 0 Å². The van der Waals surface area contributed by atoms with Crippen molar-refractivity contribution in [2.45, 2.75) is 12.5 Å². The van der Waals surface area contributed by atoms with Crippen LogP contribution in [0.25, 0.3) is 0 Å². The number of hydrogen-bond acceptors (Lipinski definition) is 5. The van der Waals surface area contributed by atoms with Gasteiger partial charge in [0.1, 0.15) is 0 Å². The third-order valence-corrected chi connectivity index (χ3v) is 3.69. The van der Waals surface area contributed by atoms with E-state index in [0.29, 0.717) is 0 Å². The van der Waals surface area contributed by atoms with E-state index in [9.17, 15) is 18.3 Å². The molecule has 0 aromatic heterocycles. The number of aliphatic hydroxyl groups is 1. The average Bonchev–Trinajstić information content (AvgIpc) is 2.15. The Morgan fingerprint density at radius 2 is 2.06 bits per heavy atom. The number of nitrogens with zero attached hydrogens (tertiary/aromatic N) is 1. The number of likely N-dealkylation sites (N-methyl/N-ethyl adjacent to an activating group) is 1. The average molecular weight is 255 g/mol. The van der Waals surface area contributed by atoms with Crippen LogP contribution in [0.15, 0.2) is 0 Å². The predicted molar refractivity (Wildman–Crippen MR) is 56.6 cm³/mol. The van der Waals surface area contributed by atoms with Crippen LogP contribution in [0.1, 0.15) is 6.42 Å². The molecule has 0 rings (SSSR count). The number of carbonyl (C=O) groups is 1. The fraction of sp³-hybridized carbons (Fsp3) is 0.875. The highest BCUT2D eigenvalue weighted by molar-refractivity contribution is 7.89. The molecule has 0 radical (unpaired) electrons. The number of ether oxygens (including phenoxy) is 1. The zero-order valence-electron chi connectivity index (χ0n) is 9.29. The molecule has 16 heavy (non-hydrogen) atoms. The Hall–Kier alpha value is -0.700. The fourth-order valence-corrected chi connectivity index (χ4v) is 2.17. The summed E-state index contributed by atoms with van der Waals surface area (Å²) in [4.78, 5) is 10.2. The molecule has 2 N–H and O–H groups in total. The SMILES string of the molecule is COCC(O)CN(C)S(=O)(=O)CCC(=O)O. The Kier molecular flexibility index (Phi) is 6.49. The number of aliphatic carboxylic acids is 1. The van der Waals surface area contributed by atoms with Crippen molar-refractivity contribution in [3.05, 3.63) is 0 Å². The van der Waals surface area contributed by atoms with Gasteiger partial charge < -0.3 is 14.9 Å². The molecule has 0 fully saturated rings. The van der Waals surface area contributed by atoms with Crippen LogP contribution in [0.2, 0.25) is 0 Å². The van der Waals surface area contributed by atoms with Gasteiger partial charge in [-0.15, -0.1) is 0 Å². The Bertz CT molecular complexity index is 314. The second-order valence-electron chi connectivity index (χ2n) is 3.35. The number of hydrogen-bond donors (Lipinski definition) is 2. The van der Waals surface area contributed by atoms with Crippen molar-refractivity contribution < 1.29 is 28.2 Å².